The molecule has 1 aromatic heterocycles. The molecule has 1 saturated heterocycles. The number of nitrogens with zero attached hydrogens (tertiary/aromatic N) is 4. The Bertz CT molecular complexity index is 772. The maximum atomic E-state index is 13.2. The van der Waals surface area contributed by atoms with Gasteiger partial charge in [0, 0.05) is 6.54 Å². The van der Waals surface area contributed by atoms with Crippen LogP contribution in [0.4, 0.5) is 4.39 Å². The van der Waals surface area contributed by atoms with Crippen molar-refractivity contribution in [2.45, 2.75) is 25.8 Å². The average molecular weight is 330 g/mol. The van der Waals surface area contributed by atoms with E-state index in [1.807, 2.05) is 4.90 Å². The molecule has 2 aromatic rings. The molecule has 1 saturated carbocycles. The highest BCUT2D eigenvalue weighted by atomic mass is 19.1. The van der Waals surface area contributed by atoms with Crippen LogP contribution in [0, 0.1) is 18.7 Å². The van der Waals surface area contributed by atoms with Crippen molar-refractivity contribution in [1.29, 1.82) is 0 Å². The van der Waals surface area contributed by atoms with E-state index >= 15 is 0 Å². The first kappa shape index (κ1) is 15.3. The van der Waals surface area contributed by atoms with E-state index in [-0.39, 0.29) is 17.8 Å². The Kier molecular flexibility index (Phi) is 3.80. The molecule has 1 aromatic carbocycles. The standard InChI is InChI=1S/C17H19FN4O2/c1-11-8-13(18)4-5-15(11)22-9-14(19-20-22)17(23)21-6-7-24-10-16(21)12-2-3-12/h4-5,8-9,12,16H,2-3,6-7,10H2,1H3. The summed E-state index contributed by atoms with van der Waals surface area (Å²) in [6.45, 7) is 3.54. The molecule has 1 atom stereocenters. The van der Waals surface area contributed by atoms with Gasteiger partial charge in [-0.05, 0) is 49.4 Å². The van der Waals surface area contributed by atoms with E-state index in [2.05, 4.69) is 10.3 Å². The molecule has 1 aliphatic carbocycles. The number of hydrogen-bond acceptors (Lipinski definition) is 4. The molecule has 0 bridgehead atoms. The second-order valence-electron chi connectivity index (χ2n) is 6.46. The summed E-state index contributed by atoms with van der Waals surface area (Å²) in [5.41, 5.74) is 1.76. The second-order valence-corrected chi connectivity index (χ2v) is 6.46. The van der Waals surface area contributed by atoms with Crippen LogP contribution >= 0.6 is 0 Å². The molecule has 4 rings (SSSR count). The van der Waals surface area contributed by atoms with Gasteiger partial charge in [0.25, 0.3) is 5.91 Å². The molecule has 1 aliphatic heterocycles. The van der Waals surface area contributed by atoms with Crippen LogP contribution in [0.2, 0.25) is 0 Å². The van der Waals surface area contributed by atoms with Crippen molar-refractivity contribution in [3.05, 3.63) is 41.5 Å². The summed E-state index contributed by atoms with van der Waals surface area (Å²) in [7, 11) is 0. The van der Waals surface area contributed by atoms with Crippen LogP contribution in [-0.2, 0) is 4.74 Å². The van der Waals surface area contributed by atoms with Gasteiger partial charge in [0.2, 0.25) is 0 Å². The first-order valence-corrected chi connectivity index (χ1v) is 8.21. The molecule has 2 fully saturated rings. The Balaban J connectivity index is 1.58. The van der Waals surface area contributed by atoms with E-state index in [9.17, 15) is 9.18 Å². The van der Waals surface area contributed by atoms with Crippen molar-refractivity contribution in [3.63, 3.8) is 0 Å². The Hall–Kier alpha value is -2.28. The monoisotopic (exact) mass is 330 g/mol. The minimum atomic E-state index is -0.298. The molecule has 1 unspecified atom stereocenters. The van der Waals surface area contributed by atoms with E-state index in [1.165, 1.54) is 16.8 Å². The molecule has 7 heteroatoms. The van der Waals surface area contributed by atoms with Gasteiger partial charge >= 0.3 is 0 Å². The second kappa shape index (κ2) is 5.98. The zero-order valence-corrected chi connectivity index (χ0v) is 13.5. The number of hydrogen-bond donors (Lipinski definition) is 0. The number of carbonyl (C=O) groups is 1. The van der Waals surface area contributed by atoms with Crippen LogP contribution in [0.1, 0.15) is 28.9 Å². The lowest BCUT2D eigenvalue weighted by Crippen LogP contribution is -2.49. The molecule has 126 valence electrons. The van der Waals surface area contributed by atoms with Crippen LogP contribution in [0.25, 0.3) is 5.69 Å². The van der Waals surface area contributed by atoms with Gasteiger partial charge in [-0.3, -0.25) is 4.79 Å². The average Bonchev–Trinajstić information content (AvgIpc) is 3.32. The van der Waals surface area contributed by atoms with Gasteiger partial charge in [0.15, 0.2) is 5.69 Å². The van der Waals surface area contributed by atoms with Gasteiger partial charge in [-0.15, -0.1) is 5.10 Å². The minimum absolute atomic E-state index is 0.110. The Morgan fingerprint density at radius 2 is 2.21 bits per heavy atom. The maximum absolute atomic E-state index is 13.2. The van der Waals surface area contributed by atoms with Crippen LogP contribution in [0.5, 0.6) is 0 Å². The smallest absolute Gasteiger partial charge is 0.276 e. The van der Waals surface area contributed by atoms with E-state index in [1.54, 1.807) is 19.2 Å². The molecular formula is C17H19FN4O2. The lowest BCUT2D eigenvalue weighted by molar-refractivity contribution is -0.00864. The first-order chi connectivity index (χ1) is 11.6. The molecule has 1 amide bonds. The molecular weight excluding hydrogens is 311 g/mol. The summed E-state index contributed by atoms with van der Waals surface area (Å²) >= 11 is 0. The van der Waals surface area contributed by atoms with Crippen molar-refractivity contribution in [1.82, 2.24) is 19.9 Å². The highest BCUT2D eigenvalue weighted by Crippen LogP contribution is 2.36. The number of ether oxygens (including phenoxy) is 1. The number of halogens is 1. The Morgan fingerprint density at radius 1 is 1.38 bits per heavy atom. The topological polar surface area (TPSA) is 60.2 Å². The summed E-state index contributed by atoms with van der Waals surface area (Å²) < 4.78 is 20.3. The van der Waals surface area contributed by atoms with Crippen molar-refractivity contribution in [3.8, 4) is 5.69 Å². The van der Waals surface area contributed by atoms with E-state index in [0.717, 1.165) is 18.4 Å². The van der Waals surface area contributed by atoms with Gasteiger partial charge in [0.1, 0.15) is 5.82 Å². The zero-order chi connectivity index (χ0) is 16.7. The van der Waals surface area contributed by atoms with E-state index in [0.29, 0.717) is 37.1 Å². The highest BCUT2D eigenvalue weighted by molar-refractivity contribution is 5.92. The fraction of sp³-hybridized carbons (Fsp3) is 0.471. The predicted molar refractivity (Wildman–Crippen MR) is 84.4 cm³/mol. The quantitative estimate of drug-likeness (QED) is 0.863. The number of amides is 1. The summed E-state index contributed by atoms with van der Waals surface area (Å²) in [4.78, 5) is 14.7. The SMILES string of the molecule is Cc1cc(F)ccc1-n1cc(C(=O)N2CCOCC2C2CC2)nn1. The molecule has 6 nitrogen and oxygen atoms in total. The van der Waals surface area contributed by atoms with Crippen molar-refractivity contribution in [2.75, 3.05) is 19.8 Å². The third-order valence-corrected chi connectivity index (χ3v) is 4.71. The fourth-order valence-corrected chi connectivity index (χ4v) is 3.25. The molecule has 0 spiro atoms. The maximum Gasteiger partial charge on any atom is 0.276 e. The third-order valence-electron chi connectivity index (χ3n) is 4.71. The number of morpholine rings is 1. The van der Waals surface area contributed by atoms with Crippen molar-refractivity contribution < 1.29 is 13.9 Å². The number of benzene rings is 1. The largest absolute Gasteiger partial charge is 0.377 e. The number of rotatable bonds is 3. The molecule has 24 heavy (non-hydrogen) atoms. The van der Waals surface area contributed by atoms with Gasteiger partial charge in [-0.25, -0.2) is 9.07 Å². The van der Waals surface area contributed by atoms with Crippen molar-refractivity contribution >= 4 is 5.91 Å². The van der Waals surface area contributed by atoms with Crippen LogP contribution in [0.3, 0.4) is 0 Å². The minimum Gasteiger partial charge on any atom is -0.377 e. The normalized spacial score (nSPS) is 21.1. The lowest BCUT2D eigenvalue weighted by Gasteiger charge is -2.35. The Labute approximate surface area is 139 Å². The molecule has 0 N–H and O–H groups in total. The number of aromatic nitrogens is 3. The van der Waals surface area contributed by atoms with Crippen LogP contribution < -0.4 is 0 Å². The number of aryl methyl sites for hydroxylation is 1. The Morgan fingerprint density at radius 3 is 2.96 bits per heavy atom. The van der Waals surface area contributed by atoms with Crippen LogP contribution in [-0.4, -0.2) is 51.6 Å². The summed E-state index contributed by atoms with van der Waals surface area (Å²) in [5.74, 6) is 0.137. The highest BCUT2D eigenvalue weighted by Gasteiger charge is 2.40. The van der Waals surface area contributed by atoms with Gasteiger partial charge < -0.3 is 9.64 Å². The predicted octanol–water partition coefficient (Wildman–Crippen LogP) is 1.97. The summed E-state index contributed by atoms with van der Waals surface area (Å²) in [6.07, 6.45) is 3.92. The fourth-order valence-electron chi connectivity index (χ4n) is 3.25. The van der Waals surface area contributed by atoms with Gasteiger partial charge in [0.05, 0.1) is 31.1 Å². The van der Waals surface area contributed by atoms with Crippen molar-refractivity contribution in [2.24, 2.45) is 5.92 Å². The summed E-state index contributed by atoms with van der Waals surface area (Å²) in [6, 6.07) is 4.58. The van der Waals surface area contributed by atoms with E-state index in [4.69, 9.17) is 4.74 Å². The summed E-state index contributed by atoms with van der Waals surface area (Å²) in [5, 5.41) is 8.08. The van der Waals surface area contributed by atoms with Gasteiger partial charge in [-0.2, -0.15) is 0 Å². The van der Waals surface area contributed by atoms with Crippen LogP contribution in [0.15, 0.2) is 24.4 Å². The third kappa shape index (κ3) is 2.80. The zero-order valence-electron chi connectivity index (χ0n) is 13.5. The molecule has 0 radical (unpaired) electrons. The first-order valence-electron chi connectivity index (χ1n) is 8.21. The number of carbonyl (C=O) groups excluding carboxylic acids is 1. The lowest BCUT2D eigenvalue weighted by atomic mass is 10.1. The van der Waals surface area contributed by atoms with Gasteiger partial charge in [-0.1, -0.05) is 5.21 Å². The molecule has 2 heterocycles. The molecule has 2 aliphatic rings. The van der Waals surface area contributed by atoms with E-state index < -0.39 is 0 Å².